The van der Waals surface area contributed by atoms with E-state index in [9.17, 15) is 9.59 Å². The van der Waals surface area contributed by atoms with Crippen molar-refractivity contribution in [3.05, 3.63) is 53.8 Å². The quantitative estimate of drug-likeness (QED) is 0.530. The van der Waals surface area contributed by atoms with Gasteiger partial charge in [0.25, 0.3) is 11.8 Å². The van der Waals surface area contributed by atoms with Crippen LogP contribution in [0, 0.1) is 6.92 Å². The summed E-state index contributed by atoms with van der Waals surface area (Å²) in [6.07, 6.45) is 0. The molecule has 0 unspecified atom stereocenters. The standard InChI is InChI=1S/C17H13BrN2O2S2.CH3Br/c1-8-4-5-9(23-8)14-12-13(17(22)19(14)2)15(20(3)16(12)21)10-6-7-11(18)24-10;1-2/h4-7H,1-3H3;1H3. The van der Waals surface area contributed by atoms with Crippen LogP contribution in [0.1, 0.15) is 14.6 Å². The third-order valence-electron chi connectivity index (χ3n) is 4.21. The summed E-state index contributed by atoms with van der Waals surface area (Å²) in [4.78, 5) is 32.0. The Morgan fingerprint density at radius 1 is 0.808 bits per heavy atom. The largest absolute Gasteiger partial charge is 0.309 e. The van der Waals surface area contributed by atoms with E-state index in [1.54, 1.807) is 35.2 Å². The Morgan fingerprint density at radius 2 is 1.27 bits per heavy atom. The van der Waals surface area contributed by atoms with Crippen molar-refractivity contribution >= 4 is 77.7 Å². The topological polar surface area (TPSA) is 40.6 Å². The highest BCUT2D eigenvalue weighted by molar-refractivity contribution is 9.11. The summed E-state index contributed by atoms with van der Waals surface area (Å²) < 4.78 is 0.969. The molecule has 4 rings (SSSR count). The van der Waals surface area contributed by atoms with Crippen LogP contribution in [0.2, 0.25) is 0 Å². The van der Waals surface area contributed by atoms with Crippen molar-refractivity contribution in [2.24, 2.45) is 0 Å². The number of amides is 2. The monoisotopic (exact) mass is 514 g/mol. The first kappa shape index (κ1) is 19.5. The summed E-state index contributed by atoms with van der Waals surface area (Å²) in [5.74, 6) is 1.57. The molecular weight excluding hydrogens is 500 g/mol. The van der Waals surface area contributed by atoms with Crippen molar-refractivity contribution in [3.63, 3.8) is 0 Å². The summed E-state index contributed by atoms with van der Waals surface area (Å²) in [5, 5.41) is 0. The van der Waals surface area contributed by atoms with Crippen LogP contribution in [-0.2, 0) is 9.59 Å². The highest BCUT2D eigenvalue weighted by Gasteiger charge is 2.47. The van der Waals surface area contributed by atoms with Crippen molar-refractivity contribution in [2.75, 3.05) is 19.9 Å². The van der Waals surface area contributed by atoms with E-state index in [-0.39, 0.29) is 11.8 Å². The van der Waals surface area contributed by atoms with Gasteiger partial charge >= 0.3 is 0 Å². The van der Waals surface area contributed by atoms with Crippen molar-refractivity contribution in [1.29, 1.82) is 0 Å². The molecule has 2 aliphatic heterocycles. The molecular formula is C18H16Br2N2O2S2. The molecule has 0 spiro atoms. The lowest BCUT2D eigenvalue weighted by atomic mass is 10.1. The number of hydrogen-bond donors (Lipinski definition) is 0. The number of carbonyl (C=O) groups excluding carboxylic acids is 2. The molecule has 0 radical (unpaired) electrons. The summed E-state index contributed by atoms with van der Waals surface area (Å²) >= 11 is 9.50. The zero-order valence-corrected chi connectivity index (χ0v) is 19.4. The smallest absolute Gasteiger partial charge is 0.261 e. The maximum Gasteiger partial charge on any atom is 0.261 e. The molecule has 0 fully saturated rings. The Morgan fingerprint density at radius 3 is 1.65 bits per heavy atom. The zero-order valence-electron chi connectivity index (χ0n) is 14.6. The fraction of sp³-hybridized carbons (Fsp3) is 0.222. The first-order valence-electron chi connectivity index (χ1n) is 7.65. The van der Waals surface area contributed by atoms with Gasteiger partial charge in [-0.25, -0.2) is 0 Å². The number of thiophene rings is 2. The van der Waals surface area contributed by atoms with Crippen LogP contribution < -0.4 is 0 Å². The lowest BCUT2D eigenvalue weighted by molar-refractivity contribution is -0.123. The van der Waals surface area contributed by atoms with E-state index in [1.807, 2.05) is 37.0 Å². The molecule has 2 aliphatic rings. The maximum atomic E-state index is 12.9. The van der Waals surface area contributed by atoms with E-state index >= 15 is 0 Å². The fourth-order valence-corrected chi connectivity index (χ4v) is 5.54. The molecule has 0 aromatic carbocycles. The molecule has 0 saturated carbocycles. The highest BCUT2D eigenvalue weighted by Crippen LogP contribution is 2.47. The molecule has 0 bridgehead atoms. The van der Waals surface area contributed by atoms with E-state index < -0.39 is 0 Å². The van der Waals surface area contributed by atoms with Gasteiger partial charge in [0.2, 0.25) is 0 Å². The van der Waals surface area contributed by atoms with Crippen molar-refractivity contribution in [2.45, 2.75) is 6.92 Å². The zero-order chi connectivity index (χ0) is 19.2. The number of likely N-dealkylation sites (N-methyl/N-ethyl adjacent to an activating group) is 2. The normalized spacial score (nSPS) is 16.5. The molecule has 0 saturated heterocycles. The average Bonchev–Trinajstić information content (AvgIpc) is 3.35. The summed E-state index contributed by atoms with van der Waals surface area (Å²) in [7, 11) is 3.47. The summed E-state index contributed by atoms with van der Waals surface area (Å²) in [6, 6.07) is 7.85. The molecule has 4 nitrogen and oxygen atoms in total. The van der Waals surface area contributed by atoms with Gasteiger partial charge in [-0.3, -0.25) is 9.59 Å². The molecule has 2 amide bonds. The van der Waals surface area contributed by atoms with Crippen LogP contribution in [0.15, 0.2) is 39.2 Å². The Hall–Kier alpha value is -1.22. The second-order valence-corrected chi connectivity index (χ2v) is 9.44. The molecule has 2 aromatic heterocycles. The van der Waals surface area contributed by atoms with E-state index in [0.29, 0.717) is 16.8 Å². The van der Waals surface area contributed by atoms with Gasteiger partial charge in [-0.1, -0.05) is 15.9 Å². The third kappa shape index (κ3) is 2.93. The van der Waals surface area contributed by atoms with Crippen molar-refractivity contribution < 1.29 is 9.59 Å². The number of hydrogen-bond acceptors (Lipinski definition) is 4. The summed E-state index contributed by atoms with van der Waals surface area (Å²) in [5.41, 5.74) is 2.45. The number of aryl methyl sites for hydroxylation is 1. The van der Waals surface area contributed by atoms with E-state index in [1.165, 1.54) is 11.3 Å². The van der Waals surface area contributed by atoms with Crippen LogP contribution >= 0.6 is 54.5 Å². The Balaban J connectivity index is 0.000000948. The first-order chi connectivity index (χ1) is 12.4. The second-order valence-electron chi connectivity index (χ2n) is 5.69. The molecule has 0 aliphatic carbocycles. The molecule has 0 N–H and O–H groups in total. The Labute approximate surface area is 177 Å². The van der Waals surface area contributed by atoms with Gasteiger partial charge in [-0.2, -0.15) is 0 Å². The first-order valence-corrected chi connectivity index (χ1v) is 11.7. The van der Waals surface area contributed by atoms with Gasteiger partial charge < -0.3 is 9.80 Å². The molecule has 4 heterocycles. The van der Waals surface area contributed by atoms with Gasteiger partial charge in [0, 0.05) is 19.0 Å². The van der Waals surface area contributed by atoms with E-state index in [0.717, 1.165) is 24.1 Å². The predicted octanol–water partition coefficient (Wildman–Crippen LogP) is 4.96. The van der Waals surface area contributed by atoms with Gasteiger partial charge in [0.15, 0.2) is 0 Å². The minimum Gasteiger partial charge on any atom is -0.309 e. The van der Waals surface area contributed by atoms with E-state index in [2.05, 4.69) is 31.9 Å². The minimum absolute atomic E-state index is 0.122. The highest BCUT2D eigenvalue weighted by atomic mass is 79.9. The van der Waals surface area contributed by atoms with Gasteiger partial charge in [0.05, 0.1) is 36.1 Å². The van der Waals surface area contributed by atoms with Crippen molar-refractivity contribution in [3.8, 4) is 0 Å². The fourth-order valence-electron chi connectivity index (χ4n) is 3.11. The molecule has 2 aromatic rings. The predicted molar refractivity (Wildman–Crippen MR) is 115 cm³/mol. The van der Waals surface area contributed by atoms with Gasteiger partial charge in [0.1, 0.15) is 0 Å². The molecule has 8 heteroatoms. The number of halogens is 2. The van der Waals surface area contributed by atoms with Gasteiger partial charge in [-0.15, -0.1) is 22.7 Å². The van der Waals surface area contributed by atoms with Crippen LogP contribution in [0.4, 0.5) is 0 Å². The SMILES string of the molecule is CBr.Cc1ccc(C2=C3C(=O)N(C)C(c4ccc(Br)s4)=C3C(=O)N2C)s1. The molecule has 26 heavy (non-hydrogen) atoms. The van der Waals surface area contributed by atoms with E-state index in [4.69, 9.17) is 0 Å². The Kier molecular flexibility index (Phi) is 5.58. The number of alkyl halides is 1. The summed E-state index contributed by atoms with van der Waals surface area (Å²) in [6.45, 7) is 2.02. The maximum absolute atomic E-state index is 12.9. The molecule has 136 valence electrons. The molecule has 0 atom stereocenters. The second kappa shape index (κ2) is 7.42. The van der Waals surface area contributed by atoms with Crippen LogP contribution in [-0.4, -0.2) is 41.5 Å². The minimum atomic E-state index is -0.122. The van der Waals surface area contributed by atoms with Crippen LogP contribution in [0.25, 0.3) is 11.4 Å². The van der Waals surface area contributed by atoms with Crippen LogP contribution in [0.5, 0.6) is 0 Å². The lowest BCUT2D eigenvalue weighted by Crippen LogP contribution is -2.24. The van der Waals surface area contributed by atoms with Gasteiger partial charge in [-0.05, 0) is 53.0 Å². The third-order valence-corrected chi connectivity index (χ3v) is 6.85. The average molecular weight is 516 g/mol. The number of rotatable bonds is 2. The number of nitrogens with zero attached hydrogens (tertiary/aromatic N) is 2. The Bertz CT molecular complexity index is 893. The van der Waals surface area contributed by atoms with Crippen LogP contribution in [0.3, 0.4) is 0 Å². The number of carbonyl (C=O) groups is 2. The van der Waals surface area contributed by atoms with Crippen molar-refractivity contribution in [1.82, 2.24) is 9.80 Å². The number of fused-ring (bicyclic) bond motifs is 1. The lowest BCUT2D eigenvalue weighted by Gasteiger charge is -2.18.